The maximum Gasteiger partial charge on any atom is 0.0763 e. The fourth-order valence-electron chi connectivity index (χ4n) is 3.63. The Morgan fingerprint density at radius 2 is 1.20 bits per heavy atom. The molecule has 0 bridgehead atoms. The molecule has 5 N–H and O–H groups in total. The zero-order valence-electron chi connectivity index (χ0n) is 18.9. The smallest absolute Gasteiger partial charge is 0.0763 e. The molecular formula is C24H46Cl2N2O2. The van der Waals surface area contributed by atoms with Gasteiger partial charge in [-0.05, 0) is 30.7 Å². The molecule has 1 aromatic carbocycles. The van der Waals surface area contributed by atoms with Gasteiger partial charge < -0.3 is 21.3 Å². The number of aliphatic hydroxyl groups excluding tert-OH is 2. The van der Waals surface area contributed by atoms with Crippen molar-refractivity contribution in [2.45, 2.75) is 109 Å². The van der Waals surface area contributed by atoms with Crippen molar-refractivity contribution in [3.63, 3.8) is 0 Å². The molecule has 6 heteroatoms. The number of rotatable bonds is 18. The topological polar surface area (TPSA) is 78.5 Å². The molecule has 0 aliphatic carbocycles. The molecule has 2 atom stereocenters. The normalized spacial score (nSPS) is 12.5. The maximum atomic E-state index is 10.4. The number of hydrogen-bond acceptors (Lipinski definition) is 4. The number of unbranched alkanes of at least 4 members (excludes halogenated alkanes) is 12. The fourth-order valence-corrected chi connectivity index (χ4v) is 3.63. The summed E-state index contributed by atoms with van der Waals surface area (Å²) < 4.78 is 0. The van der Waals surface area contributed by atoms with E-state index in [0.29, 0.717) is 5.69 Å². The molecule has 30 heavy (non-hydrogen) atoms. The first-order valence-corrected chi connectivity index (χ1v) is 11.6. The van der Waals surface area contributed by atoms with Gasteiger partial charge in [-0.2, -0.15) is 0 Å². The van der Waals surface area contributed by atoms with Crippen LogP contribution in [0.3, 0.4) is 0 Å². The van der Waals surface area contributed by atoms with Crippen LogP contribution in [0.1, 0.15) is 96.8 Å². The molecule has 0 saturated carbocycles. The predicted octanol–water partition coefficient (Wildman–Crippen LogP) is 6.73. The number of nitrogens with two attached hydrogens (primary N) is 1. The first-order valence-electron chi connectivity index (χ1n) is 11.6. The highest BCUT2D eigenvalue weighted by molar-refractivity contribution is 5.85. The zero-order chi connectivity index (χ0) is 20.5. The molecule has 2 unspecified atom stereocenters. The molecule has 0 radical (unpaired) electrons. The van der Waals surface area contributed by atoms with Gasteiger partial charge in [-0.3, -0.25) is 0 Å². The Bertz CT molecular complexity index is 475. The Balaban J connectivity index is 0. The van der Waals surface area contributed by atoms with Crippen LogP contribution in [0.4, 0.5) is 11.4 Å². The highest BCUT2D eigenvalue weighted by Crippen LogP contribution is 2.16. The summed E-state index contributed by atoms with van der Waals surface area (Å²) >= 11 is 0. The molecule has 0 aliphatic heterocycles. The zero-order valence-corrected chi connectivity index (χ0v) is 20.5. The lowest BCUT2D eigenvalue weighted by Gasteiger charge is -2.23. The van der Waals surface area contributed by atoms with E-state index >= 15 is 0 Å². The predicted molar refractivity (Wildman–Crippen MR) is 136 cm³/mol. The minimum absolute atomic E-state index is 0. The third kappa shape index (κ3) is 16.1. The van der Waals surface area contributed by atoms with E-state index in [2.05, 4.69) is 12.2 Å². The van der Waals surface area contributed by atoms with Gasteiger partial charge in [0.2, 0.25) is 0 Å². The Kier molecular flexibility index (Phi) is 22.6. The average molecular weight is 466 g/mol. The lowest BCUT2D eigenvalue weighted by Crippen LogP contribution is -2.36. The number of halogens is 2. The van der Waals surface area contributed by atoms with Gasteiger partial charge in [0.15, 0.2) is 0 Å². The quantitative estimate of drug-likeness (QED) is 0.143. The van der Waals surface area contributed by atoms with Crippen molar-refractivity contribution >= 4 is 36.2 Å². The fraction of sp³-hybridized carbons (Fsp3) is 0.750. The van der Waals surface area contributed by atoms with Crippen LogP contribution in [0.25, 0.3) is 0 Å². The molecule has 0 aliphatic rings. The average Bonchev–Trinajstić information content (AvgIpc) is 2.70. The van der Waals surface area contributed by atoms with Crippen molar-refractivity contribution in [1.82, 2.24) is 0 Å². The van der Waals surface area contributed by atoms with Gasteiger partial charge in [-0.15, -0.1) is 24.8 Å². The van der Waals surface area contributed by atoms with Crippen molar-refractivity contribution in [2.24, 2.45) is 0 Å². The van der Waals surface area contributed by atoms with E-state index in [1.54, 1.807) is 0 Å². The summed E-state index contributed by atoms with van der Waals surface area (Å²) in [5.74, 6) is 0. The summed E-state index contributed by atoms with van der Waals surface area (Å²) in [6.07, 6.45) is 17.4. The second-order valence-electron chi connectivity index (χ2n) is 8.15. The monoisotopic (exact) mass is 464 g/mol. The molecule has 0 aromatic heterocycles. The number of anilines is 2. The third-order valence-corrected chi connectivity index (χ3v) is 5.53. The first-order chi connectivity index (χ1) is 13.7. The maximum absolute atomic E-state index is 10.4. The lowest BCUT2D eigenvalue weighted by atomic mass is 10.0. The van der Waals surface area contributed by atoms with Crippen LogP contribution in [0.15, 0.2) is 24.3 Å². The van der Waals surface area contributed by atoms with Gasteiger partial charge in [0, 0.05) is 11.4 Å². The van der Waals surface area contributed by atoms with Crippen LogP contribution in [0, 0.1) is 0 Å². The van der Waals surface area contributed by atoms with Gasteiger partial charge >= 0.3 is 0 Å². The highest BCUT2D eigenvalue weighted by atomic mass is 35.5. The Labute approximate surface area is 197 Å². The van der Waals surface area contributed by atoms with Crippen LogP contribution in [0.2, 0.25) is 0 Å². The van der Waals surface area contributed by atoms with E-state index in [1.807, 2.05) is 24.3 Å². The van der Waals surface area contributed by atoms with Crippen LogP contribution >= 0.6 is 24.8 Å². The van der Waals surface area contributed by atoms with E-state index in [0.717, 1.165) is 24.9 Å². The van der Waals surface area contributed by atoms with Crippen molar-refractivity contribution in [3.05, 3.63) is 24.3 Å². The number of nitrogen functional groups attached to an aromatic ring is 1. The van der Waals surface area contributed by atoms with E-state index in [-0.39, 0.29) is 37.5 Å². The van der Waals surface area contributed by atoms with Crippen molar-refractivity contribution in [2.75, 3.05) is 17.7 Å². The Morgan fingerprint density at radius 3 is 1.63 bits per heavy atom. The lowest BCUT2D eigenvalue weighted by molar-refractivity contribution is 0.107. The molecule has 0 amide bonds. The number of hydrogen-bond donors (Lipinski definition) is 4. The summed E-state index contributed by atoms with van der Waals surface area (Å²) in [7, 11) is 0. The molecule has 4 nitrogen and oxygen atoms in total. The second-order valence-corrected chi connectivity index (χ2v) is 8.15. The highest BCUT2D eigenvalue weighted by Gasteiger charge is 2.17. The van der Waals surface area contributed by atoms with Gasteiger partial charge in [0.05, 0.1) is 18.8 Å². The van der Waals surface area contributed by atoms with E-state index in [1.165, 1.54) is 70.6 Å². The molecule has 1 rings (SSSR count). The first kappa shape index (κ1) is 31.5. The van der Waals surface area contributed by atoms with Gasteiger partial charge in [0.1, 0.15) is 0 Å². The van der Waals surface area contributed by atoms with Crippen LogP contribution < -0.4 is 11.1 Å². The molecule has 0 saturated heterocycles. The Hall–Kier alpha value is -0.680. The van der Waals surface area contributed by atoms with Crippen molar-refractivity contribution < 1.29 is 10.2 Å². The van der Waals surface area contributed by atoms with Crippen LogP contribution in [0.5, 0.6) is 0 Å². The summed E-state index contributed by atoms with van der Waals surface area (Å²) in [5, 5.41) is 23.1. The summed E-state index contributed by atoms with van der Waals surface area (Å²) in [6, 6.07) is 7.04. The van der Waals surface area contributed by atoms with Crippen LogP contribution in [-0.4, -0.2) is 29.0 Å². The molecule has 178 valence electrons. The van der Waals surface area contributed by atoms with Gasteiger partial charge in [-0.25, -0.2) is 0 Å². The van der Waals surface area contributed by atoms with Crippen molar-refractivity contribution in [3.8, 4) is 0 Å². The molecule has 1 aromatic rings. The van der Waals surface area contributed by atoms with Gasteiger partial charge in [0.25, 0.3) is 0 Å². The molecule has 0 spiro atoms. The molecular weight excluding hydrogens is 419 g/mol. The number of benzene rings is 1. The minimum Gasteiger partial charge on any atom is -0.399 e. The molecule has 0 fully saturated rings. The number of aliphatic hydroxyl groups is 2. The second kappa shape index (κ2) is 21.5. The minimum atomic E-state index is -0.532. The van der Waals surface area contributed by atoms with Crippen molar-refractivity contribution in [1.29, 1.82) is 0 Å². The van der Waals surface area contributed by atoms with Crippen LogP contribution in [-0.2, 0) is 0 Å². The SMILES string of the molecule is CCCCCCCCCCCCCCCC(O)C(CO)Nc1ccc(N)cc1.Cl.Cl. The largest absolute Gasteiger partial charge is 0.399 e. The summed E-state index contributed by atoms with van der Waals surface area (Å²) in [4.78, 5) is 0. The summed E-state index contributed by atoms with van der Waals surface area (Å²) in [5.41, 5.74) is 7.26. The van der Waals surface area contributed by atoms with E-state index in [4.69, 9.17) is 5.73 Å². The Morgan fingerprint density at radius 1 is 0.767 bits per heavy atom. The third-order valence-electron chi connectivity index (χ3n) is 5.53. The standard InChI is InChI=1S/C24H44N2O2.2ClH/c1-2-3-4-5-6-7-8-9-10-11-12-13-14-15-24(28)23(20-27)26-22-18-16-21(25)17-19-22;;/h16-19,23-24,26-28H,2-15,20,25H2,1H3;2*1H. The van der Waals surface area contributed by atoms with E-state index in [9.17, 15) is 10.2 Å². The number of nitrogens with one attached hydrogen (secondary N) is 1. The van der Waals surface area contributed by atoms with Gasteiger partial charge in [-0.1, -0.05) is 90.4 Å². The molecule has 0 heterocycles. The van der Waals surface area contributed by atoms with E-state index < -0.39 is 6.10 Å². The summed E-state index contributed by atoms with van der Waals surface area (Å²) in [6.45, 7) is 2.19.